The topological polar surface area (TPSA) is 475 Å². The van der Waals surface area contributed by atoms with Crippen molar-refractivity contribution >= 4 is 93.3 Å². The van der Waals surface area contributed by atoms with Crippen molar-refractivity contribution in [1.29, 1.82) is 0 Å². The standard InChI is InChI=1S/C56H68N12O20S3.Na/c1-25-22-67-44(45(25)75)52(82)58-21-32(70)18-34(59-48(78)28-5-3-27(4-6-28)35-24-68-56(60-35)90-53(64-68)29-7-10-31(11-8-29)65-13-15-89-16-14-65)49(79)61-41(26(2)69)54(83)66-23-33(71)19-36(66)50(80)63-43(51(81)62-42(55(67)84)38(73)20-40(57)74)47(77)46(76)30-9-12-37(72)39(17-30)86-91-88-87-85;/h3-12,17,24-26,32-34,36,38,41-47,69-73,75-77,85H,13-16,18-23H2,1-2H3,(H2,57,74)(H,58,82)(H,59,78)(H,61,79)(H,62,81)(H,63,80);/q;+1/p-1. The largest absolute Gasteiger partial charge is 1.00 e. The fraction of sp³-hybridized carbons (Fsp3) is 0.464. The number of aromatic hydroxyl groups is 1. The fourth-order valence-electron chi connectivity index (χ4n) is 11.1. The third kappa shape index (κ3) is 16.6. The maximum atomic E-state index is 14.7. The third-order valence-electron chi connectivity index (χ3n) is 15.9. The Morgan fingerprint density at radius 2 is 1.49 bits per heavy atom. The second-order valence-electron chi connectivity index (χ2n) is 22.3. The van der Waals surface area contributed by atoms with Crippen LogP contribution >= 0.6 is 35.4 Å². The quantitative estimate of drug-likeness (QED) is 0.0143. The molecule has 6 heterocycles. The van der Waals surface area contributed by atoms with Crippen LogP contribution in [0, 0.1) is 5.92 Å². The number of carbonyl (C=O) groups is 8. The number of primary amides is 1. The van der Waals surface area contributed by atoms with Crippen molar-refractivity contribution in [2.45, 2.75) is 112 Å². The maximum absolute atomic E-state index is 14.7. The summed E-state index contributed by atoms with van der Waals surface area (Å²) < 4.78 is 10.7. The molecule has 14 atom stereocenters. The number of hydrogen-bond donors (Lipinski definition) is 14. The van der Waals surface area contributed by atoms with E-state index in [4.69, 9.17) is 20.0 Å². The first-order valence-electron chi connectivity index (χ1n) is 28.6. The molecular weight excluding hydrogens is 1280 g/mol. The number of amides is 8. The van der Waals surface area contributed by atoms with Gasteiger partial charge in [0, 0.05) is 85.4 Å². The van der Waals surface area contributed by atoms with Crippen molar-refractivity contribution in [1.82, 2.24) is 51.0 Å². The first-order chi connectivity index (χ1) is 43.4. The Hall–Kier alpha value is -6.78. The van der Waals surface area contributed by atoms with Crippen LogP contribution in [-0.2, 0) is 42.9 Å². The number of aromatic nitrogens is 3. The van der Waals surface area contributed by atoms with E-state index in [0.717, 1.165) is 75.8 Å². The number of nitrogens with one attached hydrogen (secondary N) is 5. The minimum Gasteiger partial charge on any atom is -0.691 e. The number of carbonyl (C=O) groups excluding carboxylic acids is 8. The van der Waals surface area contributed by atoms with E-state index < -0.39 is 183 Å². The number of rotatable bonds is 16. The number of imidazole rings is 1. The van der Waals surface area contributed by atoms with Gasteiger partial charge in [0.1, 0.15) is 53.5 Å². The van der Waals surface area contributed by atoms with Gasteiger partial charge < -0.3 is 97.3 Å². The minimum atomic E-state index is -2.54. The van der Waals surface area contributed by atoms with Crippen LogP contribution in [0.25, 0.3) is 26.8 Å². The molecule has 4 saturated heterocycles. The molecule has 36 heteroatoms. The summed E-state index contributed by atoms with van der Waals surface area (Å²) in [4.78, 5) is 123. The Morgan fingerprint density at radius 1 is 0.826 bits per heavy atom. The number of thioether (sulfide) groups is 1. The van der Waals surface area contributed by atoms with Crippen LogP contribution in [0.15, 0.2) is 72.9 Å². The Bertz CT molecular complexity index is 3450. The van der Waals surface area contributed by atoms with E-state index >= 15 is 0 Å². The van der Waals surface area contributed by atoms with Gasteiger partial charge in [0.15, 0.2) is 11.5 Å². The smallest absolute Gasteiger partial charge is 0.691 e. The number of aliphatic hydroxyl groups excluding tert-OH is 7. The first-order valence-corrected chi connectivity index (χ1v) is 31.2. The number of benzene rings is 3. The average Bonchev–Trinajstić information content (AvgIpc) is 1.66. The Morgan fingerprint density at radius 3 is 2.15 bits per heavy atom. The number of anilines is 1. The SMILES string of the molecule is CC(O)C1NC(=O)C(NC(=O)c2ccc(-c3cn4nc(-c5ccc(N6CCSCC6)cc5)sc4n3)cc2)CC(O)CNC(=O)C2C(O)C(C)CN2C(=O)C(C(O)CC(N)=O)NC(=O)C(C(O)C(O)c2ccc(O)c(OSOO[O-])c2)NC(=O)C2CC(O)CN2C1=O.[Na+]. The second kappa shape index (κ2) is 31.4. The summed E-state index contributed by atoms with van der Waals surface area (Å²) in [5.74, 6) is -9.83. The van der Waals surface area contributed by atoms with E-state index in [-0.39, 0.29) is 53.0 Å². The summed E-state index contributed by atoms with van der Waals surface area (Å²) in [6, 6.07) is 4.84. The van der Waals surface area contributed by atoms with Crippen molar-refractivity contribution in [3.05, 3.63) is 84.1 Å². The number of fused-ring (bicyclic) bond motifs is 3. The summed E-state index contributed by atoms with van der Waals surface area (Å²) in [6.45, 7) is 2.64. The minimum absolute atomic E-state index is 0. The summed E-state index contributed by atoms with van der Waals surface area (Å²) in [5.41, 5.74) is 8.19. The zero-order valence-corrected chi connectivity index (χ0v) is 54.0. The molecule has 0 aliphatic carbocycles. The summed E-state index contributed by atoms with van der Waals surface area (Å²) in [7, 11) is 0. The van der Waals surface area contributed by atoms with Gasteiger partial charge in [-0.2, -0.15) is 16.9 Å². The summed E-state index contributed by atoms with van der Waals surface area (Å²) >= 11 is 3.23. The molecule has 92 heavy (non-hydrogen) atoms. The normalized spacial score (nSPS) is 26.0. The van der Waals surface area contributed by atoms with E-state index in [2.05, 4.69) is 53.0 Å². The summed E-state index contributed by atoms with van der Waals surface area (Å²) in [6.07, 6.45) is -14.4. The molecule has 4 fully saturated rings. The monoisotopic (exact) mass is 1350 g/mol. The molecule has 0 bridgehead atoms. The molecule has 0 radical (unpaired) electrons. The van der Waals surface area contributed by atoms with Crippen molar-refractivity contribution < 1.29 is 128 Å². The Kier molecular flexibility index (Phi) is 24.3. The molecule has 14 unspecified atom stereocenters. The van der Waals surface area contributed by atoms with Gasteiger partial charge in [-0.15, -0.1) is 4.33 Å². The van der Waals surface area contributed by atoms with Gasteiger partial charge in [-0.25, -0.2) is 9.50 Å². The van der Waals surface area contributed by atoms with E-state index in [1.807, 2.05) is 23.9 Å². The van der Waals surface area contributed by atoms with Crippen LogP contribution in [0.5, 0.6) is 11.5 Å². The molecule has 4 aliphatic heterocycles. The molecule has 5 aromatic rings. The number of aliphatic hydroxyl groups is 7. The van der Waals surface area contributed by atoms with Gasteiger partial charge in [-0.1, -0.05) is 36.5 Å². The molecule has 3 aromatic carbocycles. The maximum Gasteiger partial charge on any atom is 1.00 e. The van der Waals surface area contributed by atoms with Gasteiger partial charge in [-0.05, 0) is 61.0 Å². The van der Waals surface area contributed by atoms with Crippen LogP contribution in [0.3, 0.4) is 0 Å². The van der Waals surface area contributed by atoms with E-state index in [1.54, 1.807) is 22.8 Å². The van der Waals surface area contributed by atoms with Crippen LogP contribution in [-0.4, -0.2) is 230 Å². The van der Waals surface area contributed by atoms with E-state index in [1.165, 1.54) is 30.4 Å². The number of nitrogens with zero attached hydrogens (tertiary/aromatic N) is 6. The average molecular weight is 1350 g/mol. The van der Waals surface area contributed by atoms with E-state index in [9.17, 15) is 84.5 Å². The molecule has 8 amide bonds. The molecular formula is C56H67N12NaO20S3. The molecule has 490 valence electrons. The van der Waals surface area contributed by atoms with Gasteiger partial charge in [0.05, 0.1) is 48.8 Å². The van der Waals surface area contributed by atoms with Crippen LogP contribution in [0.4, 0.5) is 5.69 Å². The van der Waals surface area contributed by atoms with Gasteiger partial charge >= 0.3 is 29.6 Å². The number of β-amino-alcohol motifs (C(OH)–C–C–N with tert-alkyl or cyclic N) is 1. The molecule has 15 N–H and O–H groups in total. The Labute approximate surface area is 558 Å². The zero-order valence-electron chi connectivity index (χ0n) is 49.5. The van der Waals surface area contributed by atoms with Crippen LogP contribution in [0.2, 0.25) is 0 Å². The number of phenols is 1. The fourth-order valence-corrected chi connectivity index (χ4v) is 13.1. The summed E-state index contributed by atoms with van der Waals surface area (Å²) in [5, 5.41) is 121. The predicted molar refractivity (Wildman–Crippen MR) is 320 cm³/mol. The number of phenolic OH excluding ortho intramolecular Hbond substituents is 1. The van der Waals surface area contributed by atoms with Gasteiger partial charge in [0.2, 0.25) is 46.3 Å². The number of nitrogens with two attached hydrogens (primary N) is 1. The Balaban J connectivity index is 0.0000109. The first kappa shape index (κ1) is 71.1. The zero-order chi connectivity index (χ0) is 65.5. The van der Waals surface area contributed by atoms with Crippen molar-refractivity contribution in [3.63, 3.8) is 0 Å². The van der Waals surface area contributed by atoms with Crippen molar-refractivity contribution in [2.75, 3.05) is 49.1 Å². The molecule has 0 saturated carbocycles. The van der Waals surface area contributed by atoms with Gasteiger partial charge in [0.25, 0.3) is 18.2 Å². The van der Waals surface area contributed by atoms with Crippen LogP contribution in [0.1, 0.15) is 55.1 Å². The van der Waals surface area contributed by atoms with E-state index in [0.29, 0.717) is 16.2 Å². The van der Waals surface area contributed by atoms with Crippen molar-refractivity contribution in [3.8, 4) is 33.3 Å². The molecule has 2 aromatic heterocycles. The third-order valence-corrected chi connectivity index (χ3v) is 18.2. The van der Waals surface area contributed by atoms with Crippen molar-refractivity contribution in [2.24, 2.45) is 11.7 Å². The predicted octanol–water partition coefficient (Wildman–Crippen LogP) is -7.13. The molecule has 32 nitrogen and oxygen atoms in total. The van der Waals surface area contributed by atoms with Crippen LogP contribution < -0.4 is 76.2 Å². The molecule has 0 spiro atoms. The second-order valence-corrected chi connectivity index (χ2v) is 25.0. The molecule has 4 aliphatic rings. The number of hydrogen-bond acceptors (Lipinski definition) is 26. The van der Waals surface area contributed by atoms with Gasteiger partial charge in [-0.3, -0.25) is 43.4 Å². The molecule has 9 rings (SSSR count).